The summed E-state index contributed by atoms with van der Waals surface area (Å²) in [6, 6.07) is 4.40. The first kappa shape index (κ1) is 12.3. The molecule has 0 aromatic heterocycles. The number of nitrogens with two attached hydrogens (primary N) is 1. The van der Waals surface area contributed by atoms with Crippen molar-refractivity contribution in [2.45, 2.75) is 31.9 Å². The molecule has 0 amide bonds. The van der Waals surface area contributed by atoms with Crippen molar-refractivity contribution >= 4 is 0 Å². The molecular weight excluding hydrogens is 221 g/mol. The smallest absolute Gasteiger partial charge is 0.131 e. The second-order valence-corrected chi connectivity index (χ2v) is 4.39. The SMILES string of the molecule is C[C@@H](N)c1c(F)cccc1OCC1CCCO1. The average Bonchev–Trinajstić information content (AvgIpc) is 2.78. The van der Waals surface area contributed by atoms with E-state index in [-0.39, 0.29) is 18.0 Å². The molecule has 0 aliphatic carbocycles. The van der Waals surface area contributed by atoms with E-state index in [9.17, 15) is 4.39 Å². The van der Waals surface area contributed by atoms with Gasteiger partial charge in [-0.3, -0.25) is 0 Å². The third-order valence-electron chi connectivity index (χ3n) is 2.92. The van der Waals surface area contributed by atoms with Crippen molar-refractivity contribution in [2.24, 2.45) is 5.73 Å². The molecule has 1 unspecified atom stereocenters. The fourth-order valence-electron chi connectivity index (χ4n) is 2.04. The number of hydrogen-bond acceptors (Lipinski definition) is 3. The molecular formula is C13H18FNO2. The van der Waals surface area contributed by atoms with Gasteiger partial charge < -0.3 is 15.2 Å². The highest BCUT2D eigenvalue weighted by Gasteiger charge is 2.18. The quantitative estimate of drug-likeness (QED) is 0.877. The molecule has 1 fully saturated rings. The monoisotopic (exact) mass is 239 g/mol. The normalized spacial score (nSPS) is 21.5. The van der Waals surface area contributed by atoms with Crippen molar-refractivity contribution in [3.8, 4) is 5.75 Å². The number of halogens is 1. The number of rotatable bonds is 4. The fraction of sp³-hybridized carbons (Fsp3) is 0.538. The zero-order valence-corrected chi connectivity index (χ0v) is 9.99. The van der Waals surface area contributed by atoms with Crippen molar-refractivity contribution < 1.29 is 13.9 Å². The summed E-state index contributed by atoms with van der Waals surface area (Å²) in [6.07, 6.45) is 2.19. The van der Waals surface area contributed by atoms with Gasteiger partial charge in [-0.05, 0) is 31.9 Å². The van der Waals surface area contributed by atoms with Crippen LogP contribution in [0.25, 0.3) is 0 Å². The molecule has 2 rings (SSSR count). The third kappa shape index (κ3) is 2.96. The lowest BCUT2D eigenvalue weighted by Crippen LogP contribution is -2.18. The molecule has 1 aliphatic heterocycles. The molecule has 2 atom stereocenters. The van der Waals surface area contributed by atoms with Gasteiger partial charge in [-0.2, -0.15) is 0 Å². The topological polar surface area (TPSA) is 44.5 Å². The van der Waals surface area contributed by atoms with Crippen molar-refractivity contribution in [2.75, 3.05) is 13.2 Å². The number of ether oxygens (including phenoxy) is 2. The predicted octanol–water partition coefficient (Wildman–Crippen LogP) is 2.40. The van der Waals surface area contributed by atoms with E-state index < -0.39 is 0 Å². The first-order chi connectivity index (χ1) is 8.18. The molecule has 1 heterocycles. The van der Waals surface area contributed by atoms with E-state index in [1.807, 2.05) is 0 Å². The summed E-state index contributed by atoms with van der Waals surface area (Å²) in [5, 5.41) is 0. The van der Waals surface area contributed by atoms with Crippen LogP contribution < -0.4 is 10.5 Å². The molecule has 17 heavy (non-hydrogen) atoms. The second kappa shape index (κ2) is 5.47. The minimum Gasteiger partial charge on any atom is -0.490 e. The largest absolute Gasteiger partial charge is 0.490 e. The van der Waals surface area contributed by atoms with Crippen molar-refractivity contribution in [3.63, 3.8) is 0 Å². The van der Waals surface area contributed by atoms with Crippen LogP contribution in [0.1, 0.15) is 31.4 Å². The standard InChI is InChI=1S/C13H18FNO2/c1-9(15)13-11(14)5-2-6-12(13)17-8-10-4-3-7-16-10/h2,5-6,9-10H,3-4,7-8,15H2,1H3/t9-,10?/m1/s1. The zero-order chi connectivity index (χ0) is 12.3. The summed E-state index contributed by atoms with van der Waals surface area (Å²) >= 11 is 0. The van der Waals surface area contributed by atoms with Crippen LogP contribution in [0.5, 0.6) is 5.75 Å². The van der Waals surface area contributed by atoms with Gasteiger partial charge in [0.25, 0.3) is 0 Å². The molecule has 3 nitrogen and oxygen atoms in total. The average molecular weight is 239 g/mol. The van der Waals surface area contributed by atoms with Gasteiger partial charge in [-0.15, -0.1) is 0 Å². The summed E-state index contributed by atoms with van der Waals surface area (Å²) in [5.74, 6) is 0.209. The highest BCUT2D eigenvalue weighted by Crippen LogP contribution is 2.27. The predicted molar refractivity (Wildman–Crippen MR) is 63.5 cm³/mol. The van der Waals surface area contributed by atoms with E-state index in [0.717, 1.165) is 19.4 Å². The lowest BCUT2D eigenvalue weighted by molar-refractivity contribution is 0.0673. The zero-order valence-electron chi connectivity index (χ0n) is 9.99. The Labute approximate surface area is 101 Å². The maximum Gasteiger partial charge on any atom is 0.131 e. The second-order valence-electron chi connectivity index (χ2n) is 4.39. The summed E-state index contributed by atoms with van der Waals surface area (Å²) in [7, 11) is 0. The molecule has 0 saturated carbocycles. The minimum absolute atomic E-state index is 0.124. The van der Waals surface area contributed by atoms with Crippen LogP contribution in [-0.2, 0) is 4.74 Å². The van der Waals surface area contributed by atoms with Gasteiger partial charge in [0, 0.05) is 18.2 Å². The van der Waals surface area contributed by atoms with Crippen LogP contribution in [0.2, 0.25) is 0 Å². The van der Waals surface area contributed by atoms with Crippen LogP contribution >= 0.6 is 0 Å². The van der Waals surface area contributed by atoms with Crippen LogP contribution in [0.3, 0.4) is 0 Å². The molecule has 1 aliphatic rings. The molecule has 0 bridgehead atoms. The summed E-state index contributed by atoms with van der Waals surface area (Å²) in [6.45, 7) is 3.00. The van der Waals surface area contributed by atoms with Crippen molar-refractivity contribution in [1.29, 1.82) is 0 Å². The molecule has 2 N–H and O–H groups in total. The molecule has 94 valence electrons. The van der Waals surface area contributed by atoms with Gasteiger partial charge in [-0.1, -0.05) is 6.07 Å². The summed E-state index contributed by atoms with van der Waals surface area (Å²) in [4.78, 5) is 0. The third-order valence-corrected chi connectivity index (χ3v) is 2.92. The Morgan fingerprint density at radius 3 is 3.06 bits per heavy atom. The lowest BCUT2D eigenvalue weighted by atomic mass is 10.1. The first-order valence-electron chi connectivity index (χ1n) is 5.97. The molecule has 1 aromatic rings. The molecule has 4 heteroatoms. The van der Waals surface area contributed by atoms with E-state index in [1.165, 1.54) is 6.07 Å². The Balaban J connectivity index is 2.06. The van der Waals surface area contributed by atoms with Gasteiger partial charge in [-0.25, -0.2) is 4.39 Å². The maximum absolute atomic E-state index is 13.6. The molecule has 1 saturated heterocycles. The van der Waals surface area contributed by atoms with Crippen LogP contribution in [0.15, 0.2) is 18.2 Å². The lowest BCUT2D eigenvalue weighted by Gasteiger charge is -2.16. The number of hydrogen-bond donors (Lipinski definition) is 1. The van der Waals surface area contributed by atoms with Crippen LogP contribution in [0.4, 0.5) is 4.39 Å². The van der Waals surface area contributed by atoms with Crippen molar-refractivity contribution in [1.82, 2.24) is 0 Å². The van der Waals surface area contributed by atoms with Crippen LogP contribution in [0, 0.1) is 5.82 Å². The Hall–Kier alpha value is -1.13. The highest BCUT2D eigenvalue weighted by molar-refractivity contribution is 5.36. The van der Waals surface area contributed by atoms with E-state index in [2.05, 4.69) is 0 Å². The Bertz CT molecular complexity index is 376. The highest BCUT2D eigenvalue weighted by atomic mass is 19.1. The maximum atomic E-state index is 13.6. The number of benzene rings is 1. The van der Waals surface area contributed by atoms with E-state index in [4.69, 9.17) is 15.2 Å². The van der Waals surface area contributed by atoms with Gasteiger partial charge in [0.05, 0.1) is 6.10 Å². The minimum atomic E-state index is -0.379. The fourth-order valence-corrected chi connectivity index (χ4v) is 2.04. The van der Waals surface area contributed by atoms with E-state index in [1.54, 1.807) is 19.1 Å². The Morgan fingerprint density at radius 2 is 2.41 bits per heavy atom. The molecule has 1 aromatic carbocycles. The van der Waals surface area contributed by atoms with E-state index in [0.29, 0.717) is 17.9 Å². The Kier molecular flexibility index (Phi) is 3.97. The molecule has 0 radical (unpaired) electrons. The first-order valence-corrected chi connectivity index (χ1v) is 5.97. The van der Waals surface area contributed by atoms with E-state index >= 15 is 0 Å². The summed E-state index contributed by atoms with van der Waals surface area (Å²) < 4.78 is 24.7. The van der Waals surface area contributed by atoms with Crippen LogP contribution in [-0.4, -0.2) is 19.3 Å². The van der Waals surface area contributed by atoms with Gasteiger partial charge >= 0.3 is 0 Å². The van der Waals surface area contributed by atoms with Crippen molar-refractivity contribution in [3.05, 3.63) is 29.6 Å². The van der Waals surface area contributed by atoms with Gasteiger partial charge in [0.1, 0.15) is 18.2 Å². The van der Waals surface area contributed by atoms with Gasteiger partial charge in [0.15, 0.2) is 0 Å². The summed E-state index contributed by atoms with van der Waals surface area (Å²) in [5.41, 5.74) is 6.18. The Morgan fingerprint density at radius 1 is 1.59 bits per heavy atom. The molecule has 0 spiro atoms. The van der Waals surface area contributed by atoms with Gasteiger partial charge in [0.2, 0.25) is 0 Å².